The number of nitrogens with zero attached hydrogens (tertiary/aromatic N) is 4. The average molecular weight is 246 g/mol. The van der Waals surface area contributed by atoms with Crippen LogP contribution in [0.4, 0.5) is 0 Å². The van der Waals surface area contributed by atoms with Crippen LogP contribution in [0.3, 0.4) is 0 Å². The lowest BCUT2D eigenvalue weighted by Gasteiger charge is -2.04. The molecule has 0 radical (unpaired) electrons. The molecule has 0 spiro atoms. The summed E-state index contributed by atoms with van der Waals surface area (Å²) in [5.41, 5.74) is 0.923. The number of methoxy groups -OCH3 is 1. The van der Waals surface area contributed by atoms with Gasteiger partial charge in [0.05, 0.1) is 18.4 Å². The zero-order valence-corrected chi connectivity index (χ0v) is 9.78. The van der Waals surface area contributed by atoms with Crippen molar-refractivity contribution in [3.63, 3.8) is 0 Å². The van der Waals surface area contributed by atoms with Crippen molar-refractivity contribution in [1.29, 1.82) is 0 Å². The minimum absolute atomic E-state index is 0.0692. The molecule has 0 aliphatic heterocycles. The minimum Gasteiger partial charge on any atom is -0.481 e. The number of hydrogen-bond acceptors (Lipinski definition) is 6. The summed E-state index contributed by atoms with van der Waals surface area (Å²) >= 11 is 0. The summed E-state index contributed by atoms with van der Waals surface area (Å²) in [6, 6.07) is 1.58. The van der Waals surface area contributed by atoms with Crippen LogP contribution in [-0.4, -0.2) is 38.1 Å². The van der Waals surface area contributed by atoms with Crippen LogP contribution in [-0.2, 0) is 0 Å². The molecule has 0 aliphatic rings. The Labute approximate surface area is 103 Å². The number of aryl methyl sites for hydroxylation is 1. The molecule has 0 bridgehead atoms. The van der Waals surface area contributed by atoms with Crippen molar-refractivity contribution in [2.75, 3.05) is 7.11 Å². The molecule has 0 atom stereocenters. The summed E-state index contributed by atoms with van der Waals surface area (Å²) in [6.45, 7) is 1.60. The van der Waals surface area contributed by atoms with Gasteiger partial charge in [0, 0.05) is 12.3 Å². The Morgan fingerprint density at radius 1 is 1.33 bits per heavy atom. The third-order valence-electron chi connectivity index (χ3n) is 2.29. The quantitative estimate of drug-likeness (QED) is 0.860. The highest BCUT2D eigenvalue weighted by Gasteiger charge is 2.12. The van der Waals surface area contributed by atoms with E-state index in [2.05, 4.69) is 19.9 Å². The first-order chi connectivity index (χ1) is 8.61. The van der Waals surface area contributed by atoms with Crippen molar-refractivity contribution < 1.29 is 14.6 Å². The number of aromatic nitrogens is 4. The molecule has 18 heavy (non-hydrogen) atoms. The first-order valence-corrected chi connectivity index (χ1v) is 5.05. The standard InChI is InChI=1S/C11H10N4O3/c1-6-7(11(16)17)4-12-10(15-6)8-3-9(18-2)14-5-13-8/h3-5H,1-2H3,(H,16,17). The highest BCUT2D eigenvalue weighted by atomic mass is 16.5. The molecule has 0 unspecified atom stereocenters. The molecule has 0 amide bonds. The zero-order chi connectivity index (χ0) is 13.1. The van der Waals surface area contributed by atoms with Crippen LogP contribution in [0.5, 0.6) is 5.88 Å². The van der Waals surface area contributed by atoms with E-state index in [0.717, 1.165) is 0 Å². The number of carboxylic acid groups (broad SMARTS) is 1. The van der Waals surface area contributed by atoms with Gasteiger partial charge in [-0.15, -0.1) is 0 Å². The molecule has 0 saturated carbocycles. The Hall–Kier alpha value is -2.57. The maximum atomic E-state index is 10.8. The molecule has 7 heteroatoms. The molecule has 92 valence electrons. The van der Waals surface area contributed by atoms with E-state index in [9.17, 15) is 4.79 Å². The van der Waals surface area contributed by atoms with Crippen molar-refractivity contribution >= 4 is 5.97 Å². The molecular weight excluding hydrogens is 236 g/mol. The lowest BCUT2D eigenvalue weighted by molar-refractivity contribution is 0.0695. The van der Waals surface area contributed by atoms with Gasteiger partial charge in [-0.3, -0.25) is 0 Å². The number of carboxylic acids is 1. The second-order valence-corrected chi connectivity index (χ2v) is 3.44. The molecule has 2 rings (SSSR count). The maximum Gasteiger partial charge on any atom is 0.339 e. The van der Waals surface area contributed by atoms with Crippen LogP contribution in [0.25, 0.3) is 11.5 Å². The molecule has 2 aromatic heterocycles. The Kier molecular flexibility index (Phi) is 3.13. The summed E-state index contributed by atoms with van der Waals surface area (Å²) in [6.07, 6.45) is 2.59. The normalized spacial score (nSPS) is 10.1. The van der Waals surface area contributed by atoms with E-state index in [1.54, 1.807) is 13.0 Å². The summed E-state index contributed by atoms with van der Waals surface area (Å²) in [5.74, 6) is -0.332. The Bertz CT molecular complexity index is 601. The number of rotatable bonds is 3. The number of carbonyl (C=O) groups is 1. The van der Waals surface area contributed by atoms with Gasteiger partial charge in [-0.05, 0) is 6.92 Å². The van der Waals surface area contributed by atoms with E-state index in [0.29, 0.717) is 23.1 Å². The van der Waals surface area contributed by atoms with Gasteiger partial charge in [-0.25, -0.2) is 24.7 Å². The van der Waals surface area contributed by atoms with Gasteiger partial charge < -0.3 is 9.84 Å². The smallest absolute Gasteiger partial charge is 0.339 e. The zero-order valence-electron chi connectivity index (χ0n) is 9.78. The SMILES string of the molecule is COc1cc(-c2ncc(C(=O)O)c(C)n2)ncn1. The predicted molar refractivity (Wildman–Crippen MR) is 61.3 cm³/mol. The summed E-state index contributed by atoms with van der Waals surface area (Å²) in [4.78, 5) is 26.8. The van der Waals surface area contributed by atoms with E-state index in [1.807, 2.05) is 0 Å². The molecule has 0 saturated heterocycles. The minimum atomic E-state index is -1.06. The van der Waals surface area contributed by atoms with Gasteiger partial charge in [0.15, 0.2) is 5.82 Å². The Balaban J connectivity index is 2.45. The number of ether oxygens (including phenoxy) is 1. The molecule has 2 heterocycles. The highest BCUT2D eigenvalue weighted by Crippen LogP contribution is 2.16. The first-order valence-electron chi connectivity index (χ1n) is 5.05. The van der Waals surface area contributed by atoms with Crippen LogP contribution >= 0.6 is 0 Å². The van der Waals surface area contributed by atoms with Gasteiger partial charge in [-0.2, -0.15) is 0 Å². The fraction of sp³-hybridized carbons (Fsp3) is 0.182. The fourth-order valence-corrected chi connectivity index (χ4v) is 1.37. The van der Waals surface area contributed by atoms with Crippen LogP contribution in [0.1, 0.15) is 16.1 Å². The highest BCUT2D eigenvalue weighted by molar-refractivity contribution is 5.88. The van der Waals surface area contributed by atoms with Gasteiger partial charge in [-0.1, -0.05) is 0 Å². The second kappa shape index (κ2) is 4.74. The van der Waals surface area contributed by atoms with Crippen molar-refractivity contribution in [3.05, 3.63) is 29.8 Å². The van der Waals surface area contributed by atoms with E-state index in [1.165, 1.54) is 19.6 Å². The molecule has 0 fully saturated rings. The third-order valence-corrected chi connectivity index (χ3v) is 2.29. The Morgan fingerprint density at radius 3 is 2.72 bits per heavy atom. The molecule has 0 aromatic carbocycles. The maximum absolute atomic E-state index is 10.8. The van der Waals surface area contributed by atoms with Crippen molar-refractivity contribution in [2.45, 2.75) is 6.92 Å². The topological polar surface area (TPSA) is 98.1 Å². The summed E-state index contributed by atoms with van der Waals surface area (Å²) in [7, 11) is 1.49. The molecule has 0 aliphatic carbocycles. The van der Waals surface area contributed by atoms with E-state index >= 15 is 0 Å². The van der Waals surface area contributed by atoms with Gasteiger partial charge in [0.1, 0.15) is 12.0 Å². The van der Waals surface area contributed by atoms with E-state index in [-0.39, 0.29) is 5.56 Å². The van der Waals surface area contributed by atoms with E-state index < -0.39 is 5.97 Å². The average Bonchev–Trinajstić information content (AvgIpc) is 2.38. The van der Waals surface area contributed by atoms with Crippen LogP contribution in [0.2, 0.25) is 0 Å². The first kappa shape index (κ1) is 11.9. The largest absolute Gasteiger partial charge is 0.481 e. The number of hydrogen-bond donors (Lipinski definition) is 1. The van der Waals surface area contributed by atoms with Crippen LogP contribution < -0.4 is 4.74 Å². The fourth-order valence-electron chi connectivity index (χ4n) is 1.37. The van der Waals surface area contributed by atoms with Crippen molar-refractivity contribution in [1.82, 2.24) is 19.9 Å². The second-order valence-electron chi connectivity index (χ2n) is 3.44. The molecule has 1 N–H and O–H groups in total. The van der Waals surface area contributed by atoms with Crippen molar-refractivity contribution in [3.8, 4) is 17.4 Å². The summed E-state index contributed by atoms with van der Waals surface area (Å²) in [5, 5.41) is 8.88. The van der Waals surface area contributed by atoms with Gasteiger partial charge >= 0.3 is 5.97 Å². The van der Waals surface area contributed by atoms with Crippen LogP contribution in [0.15, 0.2) is 18.6 Å². The lowest BCUT2D eigenvalue weighted by atomic mass is 10.2. The van der Waals surface area contributed by atoms with E-state index in [4.69, 9.17) is 9.84 Å². The molecular formula is C11H10N4O3. The monoisotopic (exact) mass is 246 g/mol. The molecule has 7 nitrogen and oxygen atoms in total. The predicted octanol–water partition coefficient (Wildman–Crippen LogP) is 0.949. The van der Waals surface area contributed by atoms with Crippen LogP contribution in [0, 0.1) is 6.92 Å². The summed E-state index contributed by atoms with van der Waals surface area (Å²) < 4.78 is 4.97. The van der Waals surface area contributed by atoms with Gasteiger partial charge in [0.2, 0.25) is 5.88 Å². The molecule has 2 aromatic rings. The van der Waals surface area contributed by atoms with Crippen molar-refractivity contribution in [2.24, 2.45) is 0 Å². The Morgan fingerprint density at radius 2 is 2.11 bits per heavy atom. The van der Waals surface area contributed by atoms with Gasteiger partial charge in [0.25, 0.3) is 0 Å². The number of aromatic carboxylic acids is 1. The lowest BCUT2D eigenvalue weighted by Crippen LogP contribution is -2.05. The third kappa shape index (κ3) is 2.24.